The van der Waals surface area contributed by atoms with Crippen LogP contribution in [0.25, 0.3) is 0 Å². The molecule has 0 aromatic heterocycles. The van der Waals surface area contributed by atoms with E-state index in [0.29, 0.717) is 0 Å². The van der Waals surface area contributed by atoms with Gasteiger partial charge in [-0.2, -0.15) is 0 Å². The van der Waals surface area contributed by atoms with E-state index in [2.05, 4.69) is 138 Å². The monoisotopic (exact) mass is 624 g/mol. The minimum Gasteiger partial charge on any atom is -0.404 e. The summed E-state index contributed by atoms with van der Waals surface area (Å²) in [5.41, 5.74) is 0. The van der Waals surface area contributed by atoms with Crippen LogP contribution in [0.5, 0.6) is 0 Å². The molecule has 1 aliphatic rings. The molecule has 0 aliphatic carbocycles. The first kappa shape index (κ1) is 29.0. The van der Waals surface area contributed by atoms with Crippen LogP contribution in [0.3, 0.4) is 0 Å². The fraction of sp³-hybridized carbons (Fsp3) is 0.586. The highest BCUT2D eigenvalue weighted by Crippen LogP contribution is 2.42. The van der Waals surface area contributed by atoms with Crippen molar-refractivity contribution in [3.8, 4) is 0 Å². The molecule has 3 rings (SSSR count). The molecule has 0 amide bonds. The minimum absolute atomic E-state index is 0.0391. The Balaban J connectivity index is 2.02. The van der Waals surface area contributed by atoms with Crippen molar-refractivity contribution < 1.29 is 13.6 Å². The average Bonchev–Trinajstić information content (AvgIpc) is 2.77. The molecule has 3 nitrogen and oxygen atoms in total. The van der Waals surface area contributed by atoms with Crippen LogP contribution in [-0.4, -0.2) is 39.6 Å². The molecule has 0 spiro atoms. The van der Waals surface area contributed by atoms with Gasteiger partial charge in [-0.25, -0.2) is 0 Å². The van der Waals surface area contributed by atoms with Crippen LogP contribution in [0.15, 0.2) is 60.7 Å². The summed E-state index contributed by atoms with van der Waals surface area (Å²) in [7, 11) is -4.58. The van der Waals surface area contributed by atoms with Gasteiger partial charge in [0.15, 0.2) is 14.6 Å². The number of rotatable bonds is 8. The Hall–Kier alpha value is -0.516. The third-order valence-electron chi connectivity index (χ3n) is 7.75. The summed E-state index contributed by atoms with van der Waals surface area (Å²) in [6.07, 6.45) is 2.79. The molecule has 1 heterocycles. The van der Waals surface area contributed by atoms with Crippen LogP contribution >= 0.6 is 22.6 Å². The first-order valence-electron chi connectivity index (χ1n) is 13.0. The summed E-state index contributed by atoms with van der Waals surface area (Å²) >= 11 is 2.46. The van der Waals surface area contributed by atoms with E-state index in [1.54, 1.807) is 0 Å². The van der Waals surface area contributed by atoms with Crippen LogP contribution in [0, 0.1) is 0 Å². The summed E-state index contributed by atoms with van der Waals surface area (Å²) in [5.74, 6) is 0. The Morgan fingerprint density at radius 1 is 0.800 bits per heavy atom. The molecule has 3 atom stereocenters. The zero-order chi connectivity index (χ0) is 25.9. The maximum Gasteiger partial charge on any atom is 0.261 e. The van der Waals surface area contributed by atoms with Gasteiger partial charge in [0.1, 0.15) is 0 Å². The molecule has 2 aromatic rings. The van der Waals surface area contributed by atoms with Crippen molar-refractivity contribution in [1.29, 1.82) is 0 Å². The molecule has 0 bridgehead atoms. The molecule has 2 aromatic carbocycles. The van der Waals surface area contributed by atoms with Crippen LogP contribution in [-0.2, 0) is 13.6 Å². The lowest BCUT2D eigenvalue weighted by atomic mass is 10.0. The topological polar surface area (TPSA) is 27.7 Å². The summed E-state index contributed by atoms with van der Waals surface area (Å²) in [4.78, 5) is 0. The maximum absolute atomic E-state index is 7.51. The van der Waals surface area contributed by atoms with Gasteiger partial charge in [-0.15, -0.1) is 0 Å². The van der Waals surface area contributed by atoms with E-state index in [-0.39, 0.29) is 28.6 Å². The van der Waals surface area contributed by atoms with Gasteiger partial charge < -0.3 is 13.6 Å². The van der Waals surface area contributed by atoms with Gasteiger partial charge in [-0.3, -0.25) is 0 Å². The molecule has 0 radical (unpaired) electrons. The Labute approximate surface area is 229 Å². The third-order valence-corrected chi connectivity index (χ3v) is 17.9. The smallest absolute Gasteiger partial charge is 0.261 e. The second-order valence-electron chi connectivity index (χ2n) is 12.4. The van der Waals surface area contributed by atoms with E-state index in [1.807, 2.05) is 0 Å². The second kappa shape index (κ2) is 11.5. The van der Waals surface area contributed by atoms with E-state index >= 15 is 0 Å². The van der Waals surface area contributed by atoms with Gasteiger partial charge >= 0.3 is 0 Å². The van der Waals surface area contributed by atoms with Crippen molar-refractivity contribution in [2.75, 3.05) is 4.43 Å². The number of alkyl halides is 1. The molecule has 1 saturated heterocycles. The van der Waals surface area contributed by atoms with Gasteiger partial charge in [0.2, 0.25) is 0 Å². The molecular formula is C29H45IO3Si2. The van der Waals surface area contributed by atoms with Gasteiger partial charge in [0, 0.05) is 10.8 Å². The Kier molecular flexibility index (Phi) is 9.52. The van der Waals surface area contributed by atoms with Crippen LogP contribution in [0.4, 0.5) is 0 Å². The highest BCUT2D eigenvalue weighted by molar-refractivity contribution is 14.1. The molecule has 6 heteroatoms. The summed E-state index contributed by atoms with van der Waals surface area (Å²) < 4.78 is 21.9. The summed E-state index contributed by atoms with van der Waals surface area (Å²) in [6.45, 7) is 18.6. The van der Waals surface area contributed by atoms with E-state index in [0.717, 1.165) is 23.7 Å². The molecule has 35 heavy (non-hydrogen) atoms. The standard InChI is InChI=1S/C29H45IO3Si2/c1-28(2,3)34(7,8)33-27-22-24(21-23(31-27)19-20-30)32-35(29(4,5)6,25-15-11-9-12-16-25)26-17-13-10-14-18-26/h9-18,23-24,27H,19-22H2,1-8H3/t23-,24-,27-/m1/s1. The van der Waals surface area contributed by atoms with Gasteiger partial charge in [-0.05, 0) is 46.4 Å². The summed E-state index contributed by atoms with van der Waals surface area (Å²) in [5, 5.41) is 2.76. The van der Waals surface area contributed by atoms with Gasteiger partial charge in [0.25, 0.3) is 8.32 Å². The van der Waals surface area contributed by atoms with Crippen LogP contribution in [0.2, 0.25) is 23.2 Å². The van der Waals surface area contributed by atoms with Crippen LogP contribution < -0.4 is 10.4 Å². The fourth-order valence-electron chi connectivity index (χ4n) is 4.86. The lowest BCUT2D eigenvalue weighted by molar-refractivity contribution is -0.178. The van der Waals surface area contributed by atoms with Crippen molar-refractivity contribution in [2.45, 2.75) is 102 Å². The highest BCUT2D eigenvalue weighted by Gasteiger charge is 2.52. The normalized spacial score (nSPS) is 22.3. The molecule has 0 N–H and O–H groups in total. The Morgan fingerprint density at radius 3 is 1.74 bits per heavy atom. The lowest BCUT2D eigenvalue weighted by Crippen LogP contribution is -2.68. The number of ether oxygens (including phenoxy) is 1. The number of hydrogen-bond acceptors (Lipinski definition) is 3. The van der Waals surface area contributed by atoms with Crippen molar-refractivity contribution in [1.82, 2.24) is 0 Å². The van der Waals surface area contributed by atoms with Gasteiger partial charge in [-0.1, -0.05) is 125 Å². The quantitative estimate of drug-likeness (QED) is 0.176. The third kappa shape index (κ3) is 6.68. The second-order valence-corrected chi connectivity index (χ2v) is 22.5. The predicted molar refractivity (Wildman–Crippen MR) is 162 cm³/mol. The Bertz CT molecular complexity index is 883. The number of hydrogen-bond donors (Lipinski definition) is 0. The largest absolute Gasteiger partial charge is 0.404 e. The minimum atomic E-state index is -2.62. The number of halogens is 1. The number of benzene rings is 2. The zero-order valence-corrected chi connectivity index (χ0v) is 27.1. The van der Waals surface area contributed by atoms with E-state index in [4.69, 9.17) is 13.6 Å². The molecular weight excluding hydrogens is 579 g/mol. The zero-order valence-electron chi connectivity index (χ0n) is 22.9. The lowest BCUT2D eigenvalue weighted by Gasteiger charge is -2.48. The summed E-state index contributed by atoms with van der Waals surface area (Å²) in [6, 6.07) is 21.9. The average molecular weight is 625 g/mol. The molecule has 0 unspecified atom stereocenters. The SMILES string of the molecule is CC(C)(C)[Si](C)(C)O[C@@H]1C[C@H](O[Si](c2ccccc2)(c2ccccc2)C(C)(C)C)C[C@@H](CCI)O1. The predicted octanol–water partition coefficient (Wildman–Crippen LogP) is 7.28. The van der Waals surface area contributed by atoms with Gasteiger partial charge in [0.05, 0.1) is 12.2 Å². The van der Waals surface area contributed by atoms with E-state index in [1.165, 1.54) is 10.4 Å². The molecule has 1 aliphatic heterocycles. The van der Waals surface area contributed by atoms with Crippen LogP contribution in [0.1, 0.15) is 60.8 Å². The van der Waals surface area contributed by atoms with Crippen molar-refractivity contribution in [2.24, 2.45) is 0 Å². The van der Waals surface area contributed by atoms with E-state index in [9.17, 15) is 0 Å². The highest BCUT2D eigenvalue weighted by atomic mass is 127. The van der Waals surface area contributed by atoms with Crippen molar-refractivity contribution >= 4 is 49.6 Å². The first-order valence-corrected chi connectivity index (χ1v) is 19.3. The molecule has 0 saturated carbocycles. The fourth-order valence-corrected chi connectivity index (χ4v) is 11.4. The van der Waals surface area contributed by atoms with Crippen molar-refractivity contribution in [3.63, 3.8) is 0 Å². The Morgan fingerprint density at radius 2 is 1.31 bits per heavy atom. The molecule has 194 valence electrons. The first-order chi connectivity index (χ1) is 16.3. The molecule has 1 fully saturated rings. The van der Waals surface area contributed by atoms with E-state index < -0.39 is 16.6 Å². The maximum atomic E-state index is 7.51. The van der Waals surface area contributed by atoms with Crippen molar-refractivity contribution in [3.05, 3.63) is 60.7 Å².